The molecule has 1 heterocycles. The number of carbonyl (C=O) groups is 2. The molecule has 0 aromatic carbocycles. The summed E-state index contributed by atoms with van der Waals surface area (Å²) in [5.41, 5.74) is -0.958. The molecule has 0 radical (unpaired) electrons. The molecule has 0 bridgehead atoms. The third kappa shape index (κ3) is 3.71. The maximum absolute atomic E-state index is 12.7. The molecule has 0 aromatic heterocycles. The third-order valence-corrected chi connectivity index (χ3v) is 4.00. The van der Waals surface area contributed by atoms with Crippen LogP contribution in [0, 0.1) is 5.41 Å². The molecule has 0 saturated carbocycles. The van der Waals surface area contributed by atoms with E-state index in [1.165, 1.54) is 6.42 Å². The van der Waals surface area contributed by atoms with Crippen molar-refractivity contribution in [3.8, 4) is 0 Å². The van der Waals surface area contributed by atoms with Crippen molar-refractivity contribution in [2.75, 3.05) is 13.1 Å². The van der Waals surface area contributed by atoms with Crippen molar-refractivity contribution >= 4 is 11.8 Å². The van der Waals surface area contributed by atoms with Gasteiger partial charge < -0.3 is 10.2 Å². The monoisotopic (exact) mass is 268 g/mol. The zero-order chi connectivity index (χ0) is 14.5. The lowest BCUT2D eigenvalue weighted by molar-refractivity contribution is -0.151. The summed E-state index contributed by atoms with van der Waals surface area (Å²) in [5.74, 6) is -0.174. The van der Waals surface area contributed by atoms with Gasteiger partial charge in [0.1, 0.15) is 5.41 Å². The molecule has 1 unspecified atom stereocenters. The first-order valence-electron chi connectivity index (χ1n) is 7.54. The summed E-state index contributed by atoms with van der Waals surface area (Å²) in [5, 5.41) is 2.84. The number of likely N-dealkylation sites (tertiary alicyclic amines) is 1. The summed E-state index contributed by atoms with van der Waals surface area (Å²) < 4.78 is 0. The van der Waals surface area contributed by atoms with Gasteiger partial charge in [-0.05, 0) is 46.0 Å². The Morgan fingerprint density at radius 1 is 1.26 bits per heavy atom. The van der Waals surface area contributed by atoms with E-state index in [-0.39, 0.29) is 11.8 Å². The molecule has 1 aliphatic heterocycles. The molecule has 4 nitrogen and oxygen atoms in total. The van der Waals surface area contributed by atoms with Crippen molar-refractivity contribution in [1.82, 2.24) is 10.2 Å². The van der Waals surface area contributed by atoms with Crippen LogP contribution in [0.2, 0.25) is 0 Å². The molecule has 1 fully saturated rings. The van der Waals surface area contributed by atoms with E-state index in [9.17, 15) is 9.59 Å². The van der Waals surface area contributed by atoms with E-state index in [0.717, 1.165) is 32.2 Å². The van der Waals surface area contributed by atoms with Gasteiger partial charge in [-0.25, -0.2) is 0 Å². The van der Waals surface area contributed by atoms with Crippen LogP contribution in [0.5, 0.6) is 0 Å². The minimum atomic E-state index is -0.958. The minimum absolute atomic E-state index is 0.0207. The number of nitrogens with zero attached hydrogens (tertiary/aromatic N) is 1. The van der Waals surface area contributed by atoms with E-state index in [0.29, 0.717) is 12.6 Å². The average molecular weight is 268 g/mol. The Balaban J connectivity index is 2.75. The molecule has 1 saturated heterocycles. The molecular formula is C15H28N2O2. The van der Waals surface area contributed by atoms with E-state index in [2.05, 4.69) is 12.2 Å². The number of hydrogen-bond acceptors (Lipinski definition) is 2. The summed E-state index contributed by atoms with van der Waals surface area (Å²) in [6.45, 7) is 9.02. The Kier molecular flexibility index (Phi) is 5.83. The molecule has 4 heteroatoms. The van der Waals surface area contributed by atoms with Crippen molar-refractivity contribution in [3.63, 3.8) is 0 Å². The molecule has 1 aliphatic rings. The van der Waals surface area contributed by atoms with Gasteiger partial charge in [0.05, 0.1) is 0 Å². The molecule has 0 aliphatic carbocycles. The van der Waals surface area contributed by atoms with Gasteiger partial charge in [0.2, 0.25) is 11.8 Å². The summed E-state index contributed by atoms with van der Waals surface area (Å²) in [7, 11) is 0. The van der Waals surface area contributed by atoms with Gasteiger partial charge in [-0.3, -0.25) is 9.59 Å². The largest absolute Gasteiger partial charge is 0.355 e. The molecule has 0 aromatic rings. The van der Waals surface area contributed by atoms with E-state index in [4.69, 9.17) is 0 Å². The normalized spacial score (nSPS) is 20.2. The standard InChI is InChI=1S/C15H28N2O2/c1-5-10-16-13(18)15(3,4)14(19)17-11-8-7-9-12(17)6-2/h12H,5-11H2,1-4H3,(H,16,18). The predicted octanol–water partition coefficient (Wildman–Crippen LogP) is 2.33. The first-order chi connectivity index (χ1) is 8.95. The Morgan fingerprint density at radius 3 is 2.53 bits per heavy atom. The van der Waals surface area contributed by atoms with Crippen LogP contribution in [0.1, 0.15) is 59.8 Å². The topological polar surface area (TPSA) is 49.4 Å². The van der Waals surface area contributed by atoms with Crippen LogP contribution < -0.4 is 5.32 Å². The predicted molar refractivity (Wildman–Crippen MR) is 76.7 cm³/mol. The number of amides is 2. The van der Waals surface area contributed by atoms with Gasteiger partial charge in [0.25, 0.3) is 0 Å². The first kappa shape index (κ1) is 16.0. The van der Waals surface area contributed by atoms with Gasteiger partial charge in [-0.15, -0.1) is 0 Å². The molecule has 1 atom stereocenters. The van der Waals surface area contributed by atoms with E-state index >= 15 is 0 Å². The smallest absolute Gasteiger partial charge is 0.237 e. The molecule has 1 N–H and O–H groups in total. The van der Waals surface area contributed by atoms with Crippen molar-refractivity contribution < 1.29 is 9.59 Å². The number of rotatable bonds is 5. The summed E-state index contributed by atoms with van der Waals surface area (Å²) >= 11 is 0. The molecular weight excluding hydrogens is 240 g/mol. The van der Waals surface area contributed by atoms with E-state index in [1.54, 1.807) is 13.8 Å². The highest BCUT2D eigenvalue weighted by atomic mass is 16.2. The fraction of sp³-hybridized carbons (Fsp3) is 0.867. The summed E-state index contributed by atoms with van der Waals surface area (Å²) in [6.07, 6.45) is 5.16. The summed E-state index contributed by atoms with van der Waals surface area (Å²) in [4.78, 5) is 26.7. The highest BCUT2D eigenvalue weighted by molar-refractivity contribution is 6.04. The zero-order valence-corrected chi connectivity index (χ0v) is 12.8. The van der Waals surface area contributed by atoms with Gasteiger partial charge in [-0.1, -0.05) is 13.8 Å². The van der Waals surface area contributed by atoms with Crippen LogP contribution in [-0.2, 0) is 9.59 Å². The molecule has 19 heavy (non-hydrogen) atoms. The van der Waals surface area contributed by atoms with E-state index in [1.807, 2.05) is 11.8 Å². The fourth-order valence-electron chi connectivity index (χ4n) is 2.61. The quantitative estimate of drug-likeness (QED) is 0.778. The van der Waals surface area contributed by atoms with Crippen LogP contribution in [0.25, 0.3) is 0 Å². The Bertz CT molecular complexity index is 326. The van der Waals surface area contributed by atoms with Crippen molar-refractivity contribution in [1.29, 1.82) is 0 Å². The summed E-state index contributed by atoms with van der Waals surface area (Å²) in [6, 6.07) is 0.305. The lowest BCUT2D eigenvalue weighted by atomic mass is 9.87. The highest BCUT2D eigenvalue weighted by Gasteiger charge is 2.41. The minimum Gasteiger partial charge on any atom is -0.355 e. The van der Waals surface area contributed by atoms with Gasteiger partial charge >= 0.3 is 0 Å². The van der Waals surface area contributed by atoms with Crippen molar-refractivity contribution in [3.05, 3.63) is 0 Å². The third-order valence-electron chi connectivity index (χ3n) is 4.00. The van der Waals surface area contributed by atoms with Crippen LogP contribution in [0.3, 0.4) is 0 Å². The second-order valence-corrected chi connectivity index (χ2v) is 5.94. The van der Waals surface area contributed by atoms with Gasteiger partial charge in [0, 0.05) is 19.1 Å². The molecule has 110 valence electrons. The Morgan fingerprint density at radius 2 is 1.95 bits per heavy atom. The number of piperidine rings is 1. The van der Waals surface area contributed by atoms with Crippen LogP contribution >= 0.6 is 0 Å². The van der Waals surface area contributed by atoms with Crippen LogP contribution in [0.4, 0.5) is 0 Å². The lowest BCUT2D eigenvalue weighted by Gasteiger charge is -2.39. The van der Waals surface area contributed by atoms with Crippen molar-refractivity contribution in [2.45, 2.75) is 65.8 Å². The highest BCUT2D eigenvalue weighted by Crippen LogP contribution is 2.26. The van der Waals surface area contributed by atoms with Gasteiger partial charge in [0.15, 0.2) is 0 Å². The number of carbonyl (C=O) groups excluding carboxylic acids is 2. The number of hydrogen-bond donors (Lipinski definition) is 1. The lowest BCUT2D eigenvalue weighted by Crippen LogP contribution is -2.54. The van der Waals surface area contributed by atoms with Gasteiger partial charge in [-0.2, -0.15) is 0 Å². The SMILES string of the molecule is CCCNC(=O)C(C)(C)C(=O)N1CCCCC1CC. The Labute approximate surface area is 116 Å². The molecule has 2 amide bonds. The maximum atomic E-state index is 12.7. The fourth-order valence-corrected chi connectivity index (χ4v) is 2.61. The van der Waals surface area contributed by atoms with E-state index < -0.39 is 5.41 Å². The Hall–Kier alpha value is -1.06. The van der Waals surface area contributed by atoms with Crippen molar-refractivity contribution in [2.24, 2.45) is 5.41 Å². The maximum Gasteiger partial charge on any atom is 0.237 e. The number of nitrogens with one attached hydrogen (secondary N) is 1. The second kappa shape index (κ2) is 6.92. The molecule has 0 spiro atoms. The average Bonchev–Trinajstić information content (AvgIpc) is 2.43. The first-order valence-corrected chi connectivity index (χ1v) is 7.54. The zero-order valence-electron chi connectivity index (χ0n) is 12.8. The molecule has 1 rings (SSSR count). The second-order valence-electron chi connectivity index (χ2n) is 5.94. The van der Waals surface area contributed by atoms with Crippen LogP contribution in [-0.4, -0.2) is 35.8 Å². The van der Waals surface area contributed by atoms with Crippen LogP contribution in [0.15, 0.2) is 0 Å².